The Kier molecular flexibility index (Phi) is 17.2. The van der Waals surface area contributed by atoms with Gasteiger partial charge in [0.15, 0.2) is 5.75 Å². The lowest BCUT2D eigenvalue weighted by Crippen LogP contribution is -2.44. The van der Waals surface area contributed by atoms with Gasteiger partial charge >= 0.3 is 12.2 Å². The van der Waals surface area contributed by atoms with Gasteiger partial charge in [-0.25, -0.2) is 9.07 Å². The lowest BCUT2D eigenvalue weighted by Gasteiger charge is -2.31. The number of carbonyl (C=O) groups excluding carboxylic acids is 2. The average Bonchev–Trinajstić information content (AvgIpc) is 3.32. The molecule has 0 aliphatic carbocycles. The molecule has 2 bridgehead atoms. The number of aliphatic hydroxyl groups excluding tert-OH is 1. The van der Waals surface area contributed by atoms with Crippen molar-refractivity contribution in [1.82, 2.24) is 45.5 Å². The second kappa shape index (κ2) is 24.9. The van der Waals surface area contributed by atoms with Crippen LogP contribution in [0.3, 0.4) is 0 Å². The minimum Gasteiger partial charge on any atom is -0.486 e. The first-order valence-electron chi connectivity index (χ1n) is 28.1. The van der Waals surface area contributed by atoms with E-state index in [1.54, 1.807) is 53.5 Å². The topological polar surface area (TPSA) is 232 Å². The molecular weight excluding hydrogens is 1140 g/mol. The van der Waals surface area contributed by atoms with Gasteiger partial charge in [0.1, 0.15) is 52.7 Å². The number of pyridine rings is 1. The number of hydrogen-bond donors (Lipinski definition) is 4. The van der Waals surface area contributed by atoms with Crippen LogP contribution in [-0.2, 0) is 27.1 Å². The second-order valence-corrected chi connectivity index (χ2v) is 23.4. The molecule has 2 amide bonds. The Bertz CT molecular complexity index is 3800. The number of thiophene rings is 1. The van der Waals surface area contributed by atoms with Crippen LogP contribution in [0.4, 0.5) is 28.4 Å². The molecule has 0 radical (unpaired) electrons. The lowest BCUT2D eigenvalue weighted by atomic mass is 9.92. The summed E-state index contributed by atoms with van der Waals surface area (Å²) in [4.78, 5) is 41.9. The summed E-state index contributed by atoms with van der Waals surface area (Å²) in [6.45, 7) is 8.45. The van der Waals surface area contributed by atoms with E-state index in [-0.39, 0.29) is 104 Å². The van der Waals surface area contributed by atoms with E-state index in [1.165, 1.54) is 6.07 Å². The summed E-state index contributed by atoms with van der Waals surface area (Å²) >= 11 is 6.87. The van der Waals surface area contributed by atoms with Gasteiger partial charge in [0.2, 0.25) is 12.3 Å². The summed E-state index contributed by atoms with van der Waals surface area (Å²) < 4.78 is 83.1. The number of amides is 2. The highest BCUT2D eigenvalue weighted by Gasteiger charge is 2.43. The molecule has 8 heterocycles. The highest BCUT2D eigenvalue weighted by molar-refractivity contribution is 7.23. The first-order chi connectivity index (χ1) is 41.0. The number of piperazine rings is 1. The maximum Gasteiger partial charge on any atom is 0.417 e. The van der Waals surface area contributed by atoms with Gasteiger partial charge in [-0.1, -0.05) is 85.3 Å². The number of anilines is 2. The summed E-state index contributed by atoms with van der Waals surface area (Å²) in [6, 6.07) is 22.7. The van der Waals surface area contributed by atoms with E-state index >= 15 is 17.6 Å². The van der Waals surface area contributed by atoms with Gasteiger partial charge in [0.05, 0.1) is 58.6 Å². The fourth-order valence-electron chi connectivity index (χ4n) is 11.8. The predicted molar refractivity (Wildman–Crippen MR) is 314 cm³/mol. The maximum atomic E-state index is 15.8. The number of nitrogen functional groups attached to an aromatic ring is 1. The van der Waals surface area contributed by atoms with E-state index in [1.807, 2.05) is 54.0 Å². The summed E-state index contributed by atoms with van der Waals surface area (Å²) in [7, 11) is 0. The van der Waals surface area contributed by atoms with E-state index in [4.69, 9.17) is 41.5 Å². The molecule has 442 valence electrons. The van der Waals surface area contributed by atoms with E-state index in [2.05, 4.69) is 32.9 Å². The fourth-order valence-corrected chi connectivity index (χ4v) is 13.0. The van der Waals surface area contributed by atoms with Crippen LogP contribution in [0, 0.1) is 23.1 Å². The molecule has 0 saturated carbocycles. The molecule has 4 aromatic carbocycles. The zero-order chi connectivity index (χ0) is 59.7. The highest BCUT2D eigenvalue weighted by atomic mass is 35.5. The quantitative estimate of drug-likeness (QED) is 0.0521. The molecule has 5 N–H and O–H groups in total. The van der Waals surface area contributed by atoms with Crippen molar-refractivity contribution in [3.63, 3.8) is 0 Å². The number of carbonyl (C=O) groups is 2. The number of nitrogens with zero attached hydrogens (tertiary/aromatic N) is 9. The van der Waals surface area contributed by atoms with E-state index < -0.39 is 35.2 Å². The molecule has 4 aliphatic rings. The van der Waals surface area contributed by atoms with Crippen molar-refractivity contribution in [3.05, 3.63) is 124 Å². The largest absolute Gasteiger partial charge is 0.486 e. The van der Waals surface area contributed by atoms with Crippen molar-refractivity contribution < 1.29 is 46.5 Å². The van der Waals surface area contributed by atoms with Crippen molar-refractivity contribution in [3.8, 4) is 51.5 Å². The molecule has 4 fully saturated rings. The molecule has 4 aromatic heterocycles. The Morgan fingerprint density at radius 1 is 1.07 bits per heavy atom. The number of halogens is 5. The number of ether oxygens (including phenoxy) is 3. The molecule has 0 spiro atoms. The van der Waals surface area contributed by atoms with Crippen molar-refractivity contribution in [1.29, 1.82) is 5.26 Å². The van der Waals surface area contributed by atoms with Gasteiger partial charge in [-0.15, -0.1) is 16.4 Å². The molecule has 12 rings (SSSR count). The molecule has 5 unspecified atom stereocenters. The summed E-state index contributed by atoms with van der Waals surface area (Å²) in [5.74, 6) is -0.719. The van der Waals surface area contributed by atoms with Crippen molar-refractivity contribution >= 4 is 67.1 Å². The Morgan fingerprint density at radius 3 is 2.48 bits per heavy atom. The SMILES string of the molecule is CC(C)C(C(=O)N1CCCC1C)n1cc(-c2ccc(COc3c(-c4ccc(F)c5sc(N)c(C#N)c45)c(C(F)(F)F)cc4c(N5CC6CC5CN6)nc(OC5CCOCC5)nc34)cc2)nn1.O=CNC(CO)c1ccc(-c2ncccc2Cl)cc1. The van der Waals surface area contributed by atoms with E-state index in [9.17, 15) is 20.0 Å². The molecule has 4 aliphatic heterocycles. The molecule has 5 atom stereocenters. The first-order valence-corrected chi connectivity index (χ1v) is 29.3. The van der Waals surface area contributed by atoms with Crippen molar-refractivity contribution in [2.24, 2.45) is 5.92 Å². The van der Waals surface area contributed by atoms with Gasteiger partial charge in [0.25, 0.3) is 0 Å². The normalized spacial score (nSPS) is 18.6. The maximum absolute atomic E-state index is 15.8. The molecule has 24 heteroatoms. The highest BCUT2D eigenvalue weighted by Crippen LogP contribution is 2.52. The van der Waals surface area contributed by atoms with Crippen molar-refractivity contribution in [2.75, 3.05) is 50.1 Å². The van der Waals surface area contributed by atoms with E-state index in [0.717, 1.165) is 53.9 Å². The van der Waals surface area contributed by atoms with Crippen LogP contribution < -0.4 is 30.7 Å². The zero-order valence-corrected chi connectivity index (χ0v) is 48.2. The van der Waals surface area contributed by atoms with Gasteiger partial charge in [-0.2, -0.15) is 28.4 Å². The number of likely N-dealkylation sites (tertiary alicyclic amines) is 1. The number of aromatic nitrogens is 6. The Hall–Kier alpha value is -8.01. The van der Waals surface area contributed by atoms with Crippen LogP contribution in [0.1, 0.15) is 87.2 Å². The van der Waals surface area contributed by atoms with Gasteiger partial charge in [0, 0.05) is 84.3 Å². The minimum absolute atomic E-state index is 0.0115. The number of rotatable bonds is 16. The third-order valence-electron chi connectivity index (χ3n) is 16.1. The van der Waals surface area contributed by atoms with Crippen LogP contribution in [-0.4, -0.2) is 116 Å². The number of nitrogens with one attached hydrogen (secondary N) is 2. The number of hydrogen-bond acceptors (Lipinski definition) is 16. The Balaban J connectivity index is 0.000000336. The first kappa shape index (κ1) is 58.8. The number of alkyl halides is 3. The Morgan fingerprint density at radius 2 is 1.84 bits per heavy atom. The van der Waals surface area contributed by atoms with Gasteiger partial charge in [-0.05, 0) is 73.1 Å². The number of nitrogens with two attached hydrogens (primary N) is 1. The molecule has 4 saturated heterocycles. The average molecular weight is 1200 g/mol. The van der Waals surface area contributed by atoms with Crippen LogP contribution in [0.15, 0.2) is 91.3 Å². The van der Waals surface area contributed by atoms with E-state index in [0.29, 0.717) is 79.6 Å². The van der Waals surface area contributed by atoms with Crippen LogP contribution >= 0.6 is 22.9 Å². The predicted octanol–water partition coefficient (Wildman–Crippen LogP) is 10.5. The standard InChI is InChI=1S/C47H48F4N10O4S.C14H13ClN2O2/c1-24(2)40(45(62)59-14-4-5-25(59)3)61-22-36(57-58-61)27-8-6-26(7-9-27)23-64-41-38(31-10-11-35(48)42-37(31)33(19-52)43(53)66-42)34(47(49,50)51)18-32-39(41)55-46(65-30-12-15-63-16-13-30)56-44(32)60-21-28-17-29(60)20-54-28;15-12-2-1-7-16-14(12)11-5-3-10(4-6-11)13(8-18)17-9-19/h6-11,18,22,24-25,28-30,40,54H,4-5,12-17,20-21,23,53H2,1-3H3;1-7,9,13,18H,8H2,(H,17,19). The molecular formula is C61H61ClF4N12O6S. The monoisotopic (exact) mass is 1200 g/mol. The third-order valence-corrected chi connectivity index (χ3v) is 17.5. The summed E-state index contributed by atoms with van der Waals surface area (Å²) in [5.41, 5.74) is 8.80. The lowest BCUT2D eigenvalue weighted by molar-refractivity contribution is -0.137. The smallest absolute Gasteiger partial charge is 0.417 e. The third kappa shape index (κ3) is 12.0. The second-order valence-electron chi connectivity index (χ2n) is 21.9. The molecule has 18 nitrogen and oxygen atoms in total. The number of fused-ring (bicyclic) bond motifs is 4. The van der Waals surface area contributed by atoms with Crippen molar-refractivity contribution in [2.45, 2.75) is 102 Å². The summed E-state index contributed by atoms with van der Waals surface area (Å²) in [5, 5.41) is 34.8. The summed E-state index contributed by atoms with van der Waals surface area (Å²) in [6.07, 6.45) is 2.59. The number of nitriles is 1. The fraction of sp³-hybridized carbons (Fsp3) is 0.377. The van der Waals surface area contributed by atoms with Crippen LogP contribution in [0.25, 0.3) is 54.6 Å². The molecule has 85 heavy (non-hydrogen) atoms. The zero-order valence-electron chi connectivity index (χ0n) is 46.7. The minimum atomic E-state index is -4.97. The molecule has 8 aromatic rings. The number of aliphatic hydroxyl groups is 1. The number of benzene rings is 4. The van der Waals surface area contributed by atoms with Gasteiger partial charge in [-0.3, -0.25) is 14.6 Å². The van der Waals surface area contributed by atoms with Crippen LogP contribution in [0.5, 0.6) is 11.8 Å². The van der Waals surface area contributed by atoms with Crippen LogP contribution in [0.2, 0.25) is 5.02 Å². The van der Waals surface area contributed by atoms with Gasteiger partial charge < -0.3 is 45.5 Å². The Labute approximate surface area is 495 Å².